The molecule has 0 bridgehead atoms. The molecule has 1 aromatic heterocycles. The van der Waals surface area contributed by atoms with Crippen molar-refractivity contribution in [1.29, 1.82) is 0 Å². The van der Waals surface area contributed by atoms with Crippen molar-refractivity contribution in [3.05, 3.63) is 36.3 Å². The minimum absolute atomic E-state index is 0.0910. The average Bonchev–Trinajstić information content (AvgIpc) is 2.28. The van der Waals surface area contributed by atoms with Gasteiger partial charge in [0.1, 0.15) is 6.33 Å². The molecule has 0 aliphatic heterocycles. The predicted octanol–water partition coefficient (Wildman–Crippen LogP) is 2.72. The van der Waals surface area contributed by atoms with Crippen LogP contribution in [0.1, 0.15) is 32.4 Å². The second kappa shape index (κ2) is 4.80. The van der Waals surface area contributed by atoms with Crippen molar-refractivity contribution in [2.24, 2.45) is 11.7 Å². The molecular weight excluding hydrogens is 210 g/mol. The van der Waals surface area contributed by atoms with Gasteiger partial charge >= 0.3 is 0 Å². The fraction of sp³-hybridized carbons (Fsp3) is 0.429. The maximum atomic E-state index is 6.10. The molecule has 2 N–H and O–H groups in total. The molecule has 0 aliphatic carbocycles. The van der Waals surface area contributed by atoms with Crippen LogP contribution in [0.25, 0.3) is 10.9 Å². The third-order valence-corrected chi connectivity index (χ3v) is 3.17. The minimum atomic E-state index is 0.0910. The van der Waals surface area contributed by atoms with E-state index in [9.17, 15) is 0 Å². The highest BCUT2D eigenvalue weighted by Crippen LogP contribution is 2.29. The first-order valence-corrected chi connectivity index (χ1v) is 6.06. The van der Waals surface area contributed by atoms with Crippen molar-refractivity contribution < 1.29 is 0 Å². The molecule has 2 atom stereocenters. The number of fused-ring (bicyclic) bond motifs is 1. The van der Waals surface area contributed by atoms with Gasteiger partial charge in [-0.05, 0) is 18.9 Å². The predicted molar refractivity (Wildman–Crippen MR) is 70.8 cm³/mol. The summed E-state index contributed by atoms with van der Waals surface area (Å²) in [5.41, 5.74) is 8.16. The van der Waals surface area contributed by atoms with E-state index in [1.807, 2.05) is 25.1 Å². The molecule has 1 aromatic carbocycles. The van der Waals surface area contributed by atoms with E-state index in [4.69, 9.17) is 5.73 Å². The van der Waals surface area contributed by atoms with Gasteiger partial charge < -0.3 is 5.73 Å². The summed E-state index contributed by atoms with van der Waals surface area (Å²) in [5.74, 6) is 0.733. The zero-order valence-electron chi connectivity index (χ0n) is 10.6. The van der Waals surface area contributed by atoms with Crippen molar-refractivity contribution >= 4 is 10.9 Å². The lowest BCUT2D eigenvalue weighted by atomic mass is 9.85. The van der Waals surface area contributed by atoms with Crippen LogP contribution in [-0.2, 0) is 0 Å². The number of hydrogen-bond acceptors (Lipinski definition) is 3. The van der Waals surface area contributed by atoms with Gasteiger partial charge in [-0.1, -0.05) is 32.0 Å². The van der Waals surface area contributed by atoms with Crippen LogP contribution in [0.2, 0.25) is 0 Å². The van der Waals surface area contributed by atoms with Gasteiger partial charge in [0, 0.05) is 17.3 Å². The molecule has 2 aromatic rings. The van der Waals surface area contributed by atoms with Crippen LogP contribution in [0.5, 0.6) is 0 Å². The molecule has 2 unspecified atom stereocenters. The number of nitrogens with zero attached hydrogens (tertiary/aromatic N) is 2. The minimum Gasteiger partial charge on any atom is -0.327 e. The number of hydrogen-bond donors (Lipinski definition) is 1. The van der Waals surface area contributed by atoms with Crippen molar-refractivity contribution in [1.82, 2.24) is 9.97 Å². The molecule has 0 amide bonds. The molecular formula is C14H19N3. The number of aromatic nitrogens is 2. The van der Waals surface area contributed by atoms with Crippen LogP contribution < -0.4 is 5.73 Å². The van der Waals surface area contributed by atoms with E-state index >= 15 is 0 Å². The van der Waals surface area contributed by atoms with Crippen molar-refractivity contribution in [3.63, 3.8) is 0 Å². The third kappa shape index (κ3) is 2.29. The van der Waals surface area contributed by atoms with Gasteiger partial charge in [-0.25, -0.2) is 9.97 Å². The Hall–Kier alpha value is -1.48. The van der Waals surface area contributed by atoms with E-state index in [0.29, 0.717) is 5.92 Å². The van der Waals surface area contributed by atoms with Crippen LogP contribution >= 0.6 is 0 Å². The molecule has 0 radical (unpaired) electrons. The van der Waals surface area contributed by atoms with E-state index in [1.165, 1.54) is 0 Å². The first kappa shape index (κ1) is 12.0. The molecule has 90 valence electrons. The zero-order valence-corrected chi connectivity index (χ0v) is 10.6. The summed E-state index contributed by atoms with van der Waals surface area (Å²) < 4.78 is 0. The summed E-state index contributed by atoms with van der Waals surface area (Å²) in [5, 5.41) is 1.12. The average molecular weight is 229 g/mol. The molecule has 0 fully saturated rings. The van der Waals surface area contributed by atoms with Crippen LogP contribution in [0.4, 0.5) is 0 Å². The Labute approximate surface area is 102 Å². The summed E-state index contributed by atoms with van der Waals surface area (Å²) in [6.07, 6.45) is 1.63. The molecule has 3 nitrogen and oxygen atoms in total. The van der Waals surface area contributed by atoms with Crippen LogP contribution in [0.3, 0.4) is 0 Å². The van der Waals surface area contributed by atoms with E-state index in [2.05, 4.69) is 29.9 Å². The summed E-state index contributed by atoms with van der Waals surface area (Å²) in [6, 6.07) is 8.19. The second-order valence-corrected chi connectivity index (χ2v) is 4.90. The Balaban J connectivity index is 2.61. The van der Waals surface area contributed by atoms with Crippen molar-refractivity contribution in [2.75, 3.05) is 0 Å². The highest BCUT2D eigenvalue weighted by atomic mass is 14.8. The molecule has 2 rings (SSSR count). The first-order chi connectivity index (χ1) is 8.11. The molecule has 3 heteroatoms. The molecule has 0 aliphatic rings. The van der Waals surface area contributed by atoms with E-state index < -0.39 is 0 Å². The fourth-order valence-corrected chi connectivity index (χ4v) is 2.46. The Kier molecular flexibility index (Phi) is 3.38. The highest BCUT2D eigenvalue weighted by molar-refractivity contribution is 5.81. The smallest absolute Gasteiger partial charge is 0.116 e. The fourth-order valence-electron chi connectivity index (χ4n) is 2.46. The van der Waals surface area contributed by atoms with Gasteiger partial charge in [0.2, 0.25) is 0 Å². The van der Waals surface area contributed by atoms with Gasteiger partial charge in [-0.15, -0.1) is 0 Å². The van der Waals surface area contributed by atoms with E-state index in [0.717, 1.165) is 16.6 Å². The van der Waals surface area contributed by atoms with Gasteiger partial charge in [0.15, 0.2) is 0 Å². The van der Waals surface area contributed by atoms with Gasteiger partial charge in [-0.3, -0.25) is 0 Å². The number of benzene rings is 1. The summed E-state index contributed by atoms with van der Waals surface area (Å²) in [7, 11) is 0. The molecule has 1 heterocycles. The normalized spacial score (nSPS) is 15.1. The van der Waals surface area contributed by atoms with Crippen molar-refractivity contribution in [3.8, 4) is 0 Å². The lowest BCUT2D eigenvalue weighted by Crippen LogP contribution is -2.29. The summed E-state index contributed by atoms with van der Waals surface area (Å²) in [4.78, 5) is 8.75. The standard InChI is InChI=1S/C14H19N3/c1-9(2)13(10(3)15)14-11-6-4-5-7-12(11)16-8-17-14/h4-10,13H,15H2,1-3H3. The molecule has 0 spiro atoms. The van der Waals surface area contributed by atoms with Crippen LogP contribution in [0.15, 0.2) is 30.6 Å². The number of nitrogens with two attached hydrogens (primary N) is 1. The Morgan fingerprint density at radius 1 is 1.06 bits per heavy atom. The Morgan fingerprint density at radius 3 is 2.41 bits per heavy atom. The van der Waals surface area contributed by atoms with Gasteiger partial charge in [0.05, 0.1) is 11.2 Å². The molecule has 0 saturated heterocycles. The van der Waals surface area contributed by atoms with Crippen LogP contribution in [-0.4, -0.2) is 16.0 Å². The van der Waals surface area contributed by atoms with E-state index in [-0.39, 0.29) is 12.0 Å². The number of para-hydroxylation sites is 1. The maximum absolute atomic E-state index is 6.10. The number of rotatable bonds is 3. The molecule has 0 saturated carbocycles. The first-order valence-electron chi connectivity index (χ1n) is 6.06. The summed E-state index contributed by atoms with van der Waals surface area (Å²) in [6.45, 7) is 6.41. The largest absolute Gasteiger partial charge is 0.327 e. The second-order valence-electron chi connectivity index (χ2n) is 4.90. The Bertz CT molecular complexity index is 492. The quantitative estimate of drug-likeness (QED) is 0.880. The SMILES string of the molecule is CC(C)C(c1ncnc2ccccc12)C(C)N. The summed E-state index contributed by atoms with van der Waals surface area (Å²) >= 11 is 0. The van der Waals surface area contributed by atoms with E-state index in [1.54, 1.807) is 6.33 Å². The lowest BCUT2D eigenvalue weighted by Gasteiger charge is -2.25. The van der Waals surface area contributed by atoms with Gasteiger partial charge in [-0.2, -0.15) is 0 Å². The zero-order chi connectivity index (χ0) is 12.4. The van der Waals surface area contributed by atoms with Crippen molar-refractivity contribution in [2.45, 2.75) is 32.7 Å². The Morgan fingerprint density at radius 2 is 1.76 bits per heavy atom. The third-order valence-electron chi connectivity index (χ3n) is 3.17. The van der Waals surface area contributed by atoms with Gasteiger partial charge in [0.25, 0.3) is 0 Å². The monoisotopic (exact) mass is 229 g/mol. The molecule has 17 heavy (non-hydrogen) atoms. The van der Waals surface area contributed by atoms with Crippen LogP contribution in [0, 0.1) is 5.92 Å². The maximum Gasteiger partial charge on any atom is 0.116 e. The highest BCUT2D eigenvalue weighted by Gasteiger charge is 2.23. The lowest BCUT2D eigenvalue weighted by molar-refractivity contribution is 0.429. The topological polar surface area (TPSA) is 51.8 Å².